The Labute approximate surface area is 212 Å². The summed E-state index contributed by atoms with van der Waals surface area (Å²) in [4.78, 5) is 12.1. The summed E-state index contributed by atoms with van der Waals surface area (Å²) in [5.74, 6) is -1.49. The second kappa shape index (κ2) is 10.6. The van der Waals surface area contributed by atoms with E-state index in [0.29, 0.717) is 0 Å². The van der Waals surface area contributed by atoms with Gasteiger partial charge in [0.2, 0.25) is 0 Å². The molecule has 18 heteroatoms. The van der Waals surface area contributed by atoms with Crippen molar-refractivity contribution >= 4 is 53.3 Å². The van der Waals surface area contributed by atoms with E-state index in [9.17, 15) is 30.0 Å². The molecule has 37 heavy (non-hydrogen) atoms. The van der Waals surface area contributed by atoms with E-state index in [1.165, 1.54) is 38.3 Å². The normalized spacial score (nSPS) is 16.9. The first kappa shape index (κ1) is 28.3. The molecule has 0 saturated heterocycles. The van der Waals surface area contributed by atoms with Gasteiger partial charge < -0.3 is 4.74 Å². The Morgan fingerprint density at radius 3 is 2.24 bits per heavy atom. The molecule has 1 unspecified atom stereocenters. The summed E-state index contributed by atoms with van der Waals surface area (Å²) in [5, 5.41) is 13.0. The van der Waals surface area contributed by atoms with Crippen molar-refractivity contribution in [1.29, 1.82) is 0 Å². The average Bonchev–Trinajstić information content (AvgIpc) is 3.09. The zero-order valence-electron chi connectivity index (χ0n) is 19.1. The van der Waals surface area contributed by atoms with E-state index in [-0.39, 0.29) is 32.6 Å². The highest BCUT2D eigenvalue weighted by atomic mass is 32.3. The Morgan fingerprint density at radius 1 is 1.03 bits per heavy atom. The molecule has 2 aromatic rings. The molecule has 0 spiro atoms. The van der Waals surface area contributed by atoms with Crippen LogP contribution in [0.5, 0.6) is 5.75 Å². The Hall–Kier alpha value is -3.29. The average molecular weight is 577 g/mol. The number of anilines is 1. The van der Waals surface area contributed by atoms with Crippen LogP contribution in [-0.4, -0.2) is 71.5 Å². The molecule has 0 aliphatic carbocycles. The molecule has 0 fully saturated rings. The maximum atomic E-state index is 12.8. The van der Waals surface area contributed by atoms with Crippen molar-refractivity contribution in [2.75, 3.05) is 24.5 Å². The van der Waals surface area contributed by atoms with E-state index < -0.39 is 54.7 Å². The minimum atomic E-state index is -4.83. The van der Waals surface area contributed by atoms with Gasteiger partial charge in [-0.05, 0) is 49.4 Å². The summed E-state index contributed by atoms with van der Waals surface area (Å²) < 4.78 is 95.9. The number of benzene rings is 2. The summed E-state index contributed by atoms with van der Waals surface area (Å²) in [7, 11) is -12.2. The van der Waals surface area contributed by atoms with E-state index in [1.54, 1.807) is 0 Å². The molecular formula is C19H20N4O11S3. The van der Waals surface area contributed by atoms with Crippen LogP contribution >= 0.6 is 0 Å². The standard InChI is InChI=1S/C19H20N4O11S3/c1-12-18(19(24)23(22-12)14-4-6-15(7-5-14)36(27,28)29)21-20-13-3-8-16(33-2)17(11-13)35(25,26)10-9-34-37(30,31)32/h3-8,11,18H,9-10H2,1-2H3,(H,27,28,29)(H,30,31,32). The number of carbonyl (C=O) groups excluding carboxylic acids is 1. The lowest BCUT2D eigenvalue weighted by Gasteiger charge is -2.12. The van der Waals surface area contributed by atoms with Crippen LogP contribution in [0, 0.1) is 0 Å². The van der Waals surface area contributed by atoms with Gasteiger partial charge in [-0.15, -0.1) is 0 Å². The van der Waals surface area contributed by atoms with Crippen molar-refractivity contribution in [2.45, 2.75) is 22.8 Å². The topological polar surface area (TPSA) is 219 Å². The van der Waals surface area contributed by atoms with Crippen LogP contribution in [0.15, 0.2) is 67.6 Å². The number of hydrogen-bond donors (Lipinski definition) is 2. The van der Waals surface area contributed by atoms with Crippen LogP contribution in [0.1, 0.15) is 6.92 Å². The molecule has 1 aliphatic heterocycles. The predicted molar refractivity (Wildman–Crippen MR) is 128 cm³/mol. The summed E-state index contributed by atoms with van der Waals surface area (Å²) in [6.07, 6.45) is 0. The van der Waals surface area contributed by atoms with Crippen molar-refractivity contribution in [2.24, 2.45) is 15.3 Å². The van der Waals surface area contributed by atoms with Gasteiger partial charge in [0.15, 0.2) is 15.9 Å². The minimum absolute atomic E-state index is 0.0200. The second-order valence-electron chi connectivity index (χ2n) is 7.38. The Morgan fingerprint density at radius 2 is 1.68 bits per heavy atom. The fourth-order valence-electron chi connectivity index (χ4n) is 3.09. The van der Waals surface area contributed by atoms with Crippen molar-refractivity contribution in [3.05, 3.63) is 42.5 Å². The second-order valence-corrected chi connectivity index (χ2v) is 12.0. The summed E-state index contributed by atoms with van der Waals surface area (Å²) in [6.45, 7) is 0.663. The zero-order valence-corrected chi connectivity index (χ0v) is 21.6. The van der Waals surface area contributed by atoms with Crippen molar-refractivity contribution in [3.8, 4) is 5.75 Å². The fourth-order valence-corrected chi connectivity index (χ4v) is 5.25. The third-order valence-electron chi connectivity index (χ3n) is 4.83. The molecule has 1 atom stereocenters. The number of hydrazone groups is 1. The molecule has 1 amide bonds. The van der Waals surface area contributed by atoms with Crippen molar-refractivity contribution < 1.29 is 48.1 Å². The van der Waals surface area contributed by atoms with Gasteiger partial charge in [-0.25, -0.2) is 12.6 Å². The van der Waals surface area contributed by atoms with Gasteiger partial charge >= 0.3 is 10.4 Å². The van der Waals surface area contributed by atoms with Crippen LogP contribution in [0.3, 0.4) is 0 Å². The number of amides is 1. The van der Waals surface area contributed by atoms with Crippen molar-refractivity contribution in [3.63, 3.8) is 0 Å². The summed E-state index contributed by atoms with van der Waals surface area (Å²) in [5.41, 5.74) is 0.474. The molecule has 0 radical (unpaired) electrons. The first-order valence-corrected chi connectivity index (χ1v) is 14.5. The van der Waals surface area contributed by atoms with Crippen LogP contribution in [0.25, 0.3) is 0 Å². The number of nitrogens with zero attached hydrogens (tertiary/aromatic N) is 4. The van der Waals surface area contributed by atoms with Crippen LogP contribution in [0.4, 0.5) is 11.4 Å². The third kappa shape index (κ3) is 6.93. The lowest BCUT2D eigenvalue weighted by molar-refractivity contribution is -0.117. The molecule has 0 saturated carbocycles. The number of ether oxygens (including phenoxy) is 1. The fraction of sp³-hybridized carbons (Fsp3) is 0.263. The Kier molecular flexibility index (Phi) is 8.10. The maximum Gasteiger partial charge on any atom is 0.397 e. The molecule has 15 nitrogen and oxygen atoms in total. The summed E-state index contributed by atoms with van der Waals surface area (Å²) >= 11 is 0. The molecule has 3 rings (SSSR count). The molecule has 200 valence electrons. The van der Waals surface area contributed by atoms with Crippen molar-refractivity contribution in [1.82, 2.24) is 0 Å². The van der Waals surface area contributed by atoms with Gasteiger partial charge in [0.05, 0.1) is 41.5 Å². The molecule has 2 aromatic carbocycles. The zero-order chi connectivity index (χ0) is 27.6. The van der Waals surface area contributed by atoms with E-state index in [1.807, 2.05) is 0 Å². The lowest BCUT2D eigenvalue weighted by Crippen LogP contribution is -2.29. The van der Waals surface area contributed by atoms with Crippen LogP contribution < -0.4 is 9.75 Å². The molecule has 1 heterocycles. The number of sulfone groups is 1. The van der Waals surface area contributed by atoms with E-state index in [4.69, 9.17) is 13.8 Å². The molecule has 2 N–H and O–H groups in total. The molecular weight excluding hydrogens is 556 g/mol. The first-order valence-electron chi connectivity index (χ1n) is 10.0. The number of methoxy groups -OCH3 is 1. The highest BCUT2D eigenvalue weighted by molar-refractivity contribution is 7.91. The van der Waals surface area contributed by atoms with Gasteiger partial charge in [0, 0.05) is 0 Å². The Bertz CT molecular complexity index is 1580. The van der Waals surface area contributed by atoms with E-state index >= 15 is 0 Å². The SMILES string of the molecule is COc1ccc(N=NC2C(=O)N(c3ccc(S(=O)(=O)O)cc3)N=C2C)cc1S(=O)(=O)CCOS(=O)(=O)O. The van der Waals surface area contributed by atoms with Crippen LogP contribution in [-0.2, 0) is 39.3 Å². The predicted octanol–water partition coefficient (Wildman–Crippen LogP) is 1.41. The third-order valence-corrected chi connectivity index (χ3v) is 7.86. The molecule has 0 aromatic heterocycles. The van der Waals surface area contributed by atoms with Gasteiger partial charge in [0.25, 0.3) is 16.0 Å². The highest BCUT2D eigenvalue weighted by Gasteiger charge is 2.35. The summed E-state index contributed by atoms with van der Waals surface area (Å²) in [6, 6.07) is 7.32. The number of carbonyl (C=O) groups is 1. The highest BCUT2D eigenvalue weighted by Crippen LogP contribution is 2.30. The Balaban J connectivity index is 1.82. The number of azo groups is 1. The number of rotatable bonds is 10. The number of hydrogen-bond acceptors (Lipinski definition) is 12. The smallest absolute Gasteiger partial charge is 0.397 e. The lowest BCUT2D eigenvalue weighted by atomic mass is 10.2. The maximum absolute atomic E-state index is 12.8. The van der Waals surface area contributed by atoms with E-state index in [0.717, 1.165) is 23.2 Å². The van der Waals surface area contributed by atoms with Gasteiger partial charge in [-0.3, -0.25) is 13.9 Å². The van der Waals surface area contributed by atoms with Crippen LogP contribution in [0.2, 0.25) is 0 Å². The largest absolute Gasteiger partial charge is 0.495 e. The van der Waals surface area contributed by atoms with E-state index in [2.05, 4.69) is 19.5 Å². The monoisotopic (exact) mass is 576 g/mol. The van der Waals surface area contributed by atoms with Gasteiger partial charge in [-0.1, -0.05) is 0 Å². The quantitative estimate of drug-likeness (QED) is 0.304. The molecule has 0 bridgehead atoms. The van der Waals surface area contributed by atoms with Gasteiger partial charge in [0.1, 0.15) is 10.6 Å². The first-order chi connectivity index (χ1) is 17.1. The molecule has 1 aliphatic rings. The minimum Gasteiger partial charge on any atom is -0.495 e. The van der Waals surface area contributed by atoms with Gasteiger partial charge in [-0.2, -0.15) is 37.2 Å².